The van der Waals surface area contributed by atoms with Crippen molar-refractivity contribution in [2.45, 2.75) is 0 Å². The van der Waals surface area contributed by atoms with Crippen LogP contribution in [0.3, 0.4) is 0 Å². The lowest BCUT2D eigenvalue weighted by Crippen LogP contribution is -2.47. The molecule has 0 unspecified atom stereocenters. The average Bonchev–Trinajstić information content (AvgIpc) is 2.78. The van der Waals surface area contributed by atoms with Gasteiger partial charge in [0.2, 0.25) is 0 Å². The van der Waals surface area contributed by atoms with E-state index in [0.717, 1.165) is 32.7 Å². The molecule has 0 radical (unpaired) electrons. The quantitative estimate of drug-likeness (QED) is 0.647. The molecule has 1 aromatic heterocycles. The Labute approximate surface area is 175 Å². The maximum absolute atomic E-state index is 12.7. The molecule has 6 heteroatoms. The Balaban J connectivity index is 1.39. The summed E-state index contributed by atoms with van der Waals surface area (Å²) in [6.07, 6.45) is 6.04. The topological polar surface area (TPSA) is 41.4 Å². The summed E-state index contributed by atoms with van der Waals surface area (Å²) < 4.78 is 1.34. The van der Waals surface area contributed by atoms with Gasteiger partial charge in [-0.1, -0.05) is 72.3 Å². The van der Waals surface area contributed by atoms with E-state index in [9.17, 15) is 4.79 Å². The number of halogens is 1. The molecule has 148 valence electrons. The Bertz CT molecular complexity index is 1030. The molecule has 1 fully saturated rings. The molecule has 0 bridgehead atoms. The van der Waals surface area contributed by atoms with Gasteiger partial charge in [-0.2, -0.15) is 9.78 Å². The van der Waals surface area contributed by atoms with Crippen LogP contribution in [0.15, 0.2) is 77.7 Å². The first-order valence-corrected chi connectivity index (χ1v) is 10.1. The van der Waals surface area contributed by atoms with E-state index in [4.69, 9.17) is 11.6 Å². The number of anilines is 1. The third kappa shape index (κ3) is 4.58. The molecule has 1 aliphatic heterocycles. The predicted octanol–water partition coefficient (Wildman–Crippen LogP) is 3.72. The molecule has 0 N–H and O–H groups in total. The van der Waals surface area contributed by atoms with Crippen molar-refractivity contribution >= 4 is 23.4 Å². The van der Waals surface area contributed by atoms with Crippen LogP contribution < -0.4 is 10.5 Å². The second-order valence-corrected chi connectivity index (χ2v) is 7.37. The zero-order valence-corrected chi connectivity index (χ0v) is 16.9. The first-order chi connectivity index (χ1) is 14.2. The summed E-state index contributed by atoms with van der Waals surface area (Å²) in [5, 5.41) is 4.56. The maximum atomic E-state index is 12.7. The highest BCUT2D eigenvalue weighted by Crippen LogP contribution is 2.23. The minimum absolute atomic E-state index is 0.223. The van der Waals surface area contributed by atoms with Crippen LogP contribution in [0.4, 0.5) is 5.69 Å². The highest BCUT2D eigenvalue weighted by Gasteiger charge is 2.21. The highest BCUT2D eigenvalue weighted by molar-refractivity contribution is 6.33. The average molecular weight is 407 g/mol. The third-order valence-electron chi connectivity index (χ3n) is 5.09. The lowest BCUT2D eigenvalue weighted by atomic mass is 10.2. The molecule has 2 heterocycles. The zero-order valence-electron chi connectivity index (χ0n) is 16.1. The Morgan fingerprint density at radius 1 is 0.931 bits per heavy atom. The van der Waals surface area contributed by atoms with E-state index in [1.165, 1.54) is 10.2 Å². The summed E-state index contributed by atoms with van der Waals surface area (Å²) in [6, 6.07) is 19.6. The van der Waals surface area contributed by atoms with Crippen LogP contribution in [0.1, 0.15) is 5.56 Å². The number of benzene rings is 2. The molecule has 0 spiro atoms. The van der Waals surface area contributed by atoms with Gasteiger partial charge in [0, 0.05) is 32.7 Å². The van der Waals surface area contributed by atoms with Crippen molar-refractivity contribution in [1.82, 2.24) is 14.7 Å². The Hall–Kier alpha value is -2.89. The summed E-state index contributed by atoms with van der Waals surface area (Å²) >= 11 is 6.43. The standard InChI is InChI=1S/C23H23ClN4O/c24-22-21(18-25-28(23(22)29)20-11-5-2-6-12-20)27-16-14-26(15-17-27)13-7-10-19-8-3-1-4-9-19/h1-12,18H,13-17H2/b10-7+. The first kappa shape index (κ1) is 19.4. The van der Waals surface area contributed by atoms with E-state index in [1.807, 2.05) is 48.5 Å². The van der Waals surface area contributed by atoms with E-state index in [-0.39, 0.29) is 10.6 Å². The predicted molar refractivity (Wildman–Crippen MR) is 119 cm³/mol. The Kier molecular flexibility index (Phi) is 6.08. The number of rotatable bonds is 5. The van der Waals surface area contributed by atoms with Gasteiger partial charge in [0.1, 0.15) is 5.02 Å². The van der Waals surface area contributed by atoms with E-state index < -0.39 is 0 Å². The maximum Gasteiger partial charge on any atom is 0.292 e. The minimum Gasteiger partial charge on any atom is -0.366 e. The summed E-state index contributed by atoms with van der Waals surface area (Å²) in [5.41, 5.74) is 2.34. The van der Waals surface area contributed by atoms with Crippen molar-refractivity contribution in [3.8, 4) is 5.69 Å². The number of aromatic nitrogens is 2. The number of hydrogen-bond donors (Lipinski definition) is 0. The van der Waals surface area contributed by atoms with Crippen molar-refractivity contribution in [1.29, 1.82) is 0 Å². The summed E-state index contributed by atoms with van der Waals surface area (Å²) in [7, 11) is 0. The minimum atomic E-state index is -0.288. The Morgan fingerprint density at radius 2 is 1.59 bits per heavy atom. The van der Waals surface area contributed by atoms with Crippen LogP contribution in [-0.4, -0.2) is 47.4 Å². The largest absolute Gasteiger partial charge is 0.366 e. The number of nitrogens with zero attached hydrogens (tertiary/aromatic N) is 4. The van der Waals surface area contributed by atoms with Gasteiger partial charge in [-0.25, -0.2) is 0 Å². The normalized spacial score (nSPS) is 15.1. The third-order valence-corrected chi connectivity index (χ3v) is 5.44. The molecule has 5 nitrogen and oxygen atoms in total. The molecule has 0 atom stereocenters. The smallest absolute Gasteiger partial charge is 0.292 e. The lowest BCUT2D eigenvalue weighted by Gasteiger charge is -2.35. The monoisotopic (exact) mass is 406 g/mol. The van der Waals surface area contributed by atoms with Crippen LogP contribution >= 0.6 is 11.6 Å². The SMILES string of the molecule is O=c1c(Cl)c(N2CCN(C/C=C/c3ccccc3)CC2)cnn1-c1ccccc1. The number of para-hydroxylation sites is 1. The summed E-state index contributed by atoms with van der Waals surface area (Å²) in [4.78, 5) is 17.2. The van der Waals surface area contributed by atoms with Crippen LogP contribution in [0.5, 0.6) is 0 Å². The van der Waals surface area contributed by atoms with Gasteiger partial charge in [0.25, 0.3) is 5.56 Å². The van der Waals surface area contributed by atoms with E-state index in [2.05, 4.69) is 39.2 Å². The molecule has 1 saturated heterocycles. The highest BCUT2D eigenvalue weighted by atomic mass is 35.5. The molecular formula is C23H23ClN4O. The fourth-order valence-corrected chi connectivity index (χ4v) is 3.72. The fourth-order valence-electron chi connectivity index (χ4n) is 3.47. The van der Waals surface area contributed by atoms with Crippen molar-refractivity contribution in [3.05, 3.63) is 93.9 Å². The van der Waals surface area contributed by atoms with Gasteiger partial charge in [0.05, 0.1) is 17.6 Å². The molecule has 0 amide bonds. The molecule has 3 aromatic rings. The molecule has 0 saturated carbocycles. The summed E-state index contributed by atoms with van der Waals surface area (Å²) in [6.45, 7) is 4.36. The van der Waals surface area contributed by atoms with Gasteiger partial charge in [-0.15, -0.1) is 0 Å². The van der Waals surface area contributed by atoms with Crippen molar-refractivity contribution in [2.24, 2.45) is 0 Å². The lowest BCUT2D eigenvalue weighted by molar-refractivity contribution is 0.284. The molecule has 1 aliphatic rings. The van der Waals surface area contributed by atoms with Crippen LogP contribution in [0.25, 0.3) is 11.8 Å². The van der Waals surface area contributed by atoms with E-state index in [1.54, 1.807) is 6.20 Å². The second-order valence-electron chi connectivity index (χ2n) is 7.00. The van der Waals surface area contributed by atoms with Crippen LogP contribution in [0.2, 0.25) is 5.02 Å². The van der Waals surface area contributed by atoms with Crippen molar-refractivity contribution in [2.75, 3.05) is 37.6 Å². The molecule has 29 heavy (non-hydrogen) atoms. The zero-order chi connectivity index (χ0) is 20.1. The van der Waals surface area contributed by atoms with Crippen LogP contribution in [0, 0.1) is 0 Å². The fraction of sp³-hybridized carbons (Fsp3) is 0.217. The van der Waals surface area contributed by atoms with E-state index >= 15 is 0 Å². The number of piperazine rings is 1. The first-order valence-electron chi connectivity index (χ1n) is 9.74. The summed E-state index contributed by atoms with van der Waals surface area (Å²) in [5.74, 6) is 0. The second kappa shape index (κ2) is 9.07. The van der Waals surface area contributed by atoms with Gasteiger partial charge < -0.3 is 4.90 Å². The number of hydrogen-bond acceptors (Lipinski definition) is 4. The van der Waals surface area contributed by atoms with E-state index in [0.29, 0.717) is 11.4 Å². The van der Waals surface area contributed by atoms with Gasteiger partial charge in [-0.05, 0) is 17.7 Å². The van der Waals surface area contributed by atoms with Gasteiger partial charge in [0.15, 0.2) is 0 Å². The molecule has 4 rings (SSSR count). The van der Waals surface area contributed by atoms with Crippen molar-refractivity contribution in [3.63, 3.8) is 0 Å². The van der Waals surface area contributed by atoms with Gasteiger partial charge >= 0.3 is 0 Å². The molecule has 2 aromatic carbocycles. The van der Waals surface area contributed by atoms with Crippen molar-refractivity contribution < 1.29 is 0 Å². The molecule has 0 aliphatic carbocycles. The molecular weight excluding hydrogens is 384 g/mol. The van der Waals surface area contributed by atoms with Crippen LogP contribution in [-0.2, 0) is 0 Å². The van der Waals surface area contributed by atoms with Gasteiger partial charge in [-0.3, -0.25) is 9.69 Å². The Morgan fingerprint density at radius 3 is 2.28 bits per heavy atom.